The van der Waals surface area contributed by atoms with Gasteiger partial charge in [-0.1, -0.05) is 251 Å². The molecule has 0 aromatic carbocycles. The SMILES string of the molecule is CCCCCCCCCCCCCCCC(=O)C(CCCCCCCCCCCCCCCCC(=O)C(O)C(O)CO)C(=O)CCCCCCCCCCCCCCC. The Morgan fingerprint density at radius 3 is 0.797 bits per heavy atom. The third-order valence-electron chi connectivity index (χ3n) is 12.9. The number of hydrogen-bond acceptors (Lipinski definition) is 6. The first-order valence-corrected chi connectivity index (χ1v) is 26.4. The highest BCUT2D eigenvalue weighted by Gasteiger charge is 2.25. The lowest BCUT2D eigenvalue weighted by molar-refractivity contribution is -0.135. The van der Waals surface area contributed by atoms with Crippen LogP contribution in [0.2, 0.25) is 0 Å². The molecule has 0 aromatic heterocycles. The predicted molar refractivity (Wildman–Crippen MR) is 252 cm³/mol. The highest BCUT2D eigenvalue weighted by atomic mass is 16.4. The first-order chi connectivity index (χ1) is 28.9. The molecule has 2 atom stereocenters. The van der Waals surface area contributed by atoms with Crippen molar-refractivity contribution in [3.63, 3.8) is 0 Å². The van der Waals surface area contributed by atoms with Crippen molar-refractivity contribution in [1.29, 1.82) is 0 Å². The summed E-state index contributed by atoms with van der Waals surface area (Å²) in [7, 11) is 0. The van der Waals surface area contributed by atoms with Crippen molar-refractivity contribution < 1.29 is 29.7 Å². The average molecular weight is 835 g/mol. The third-order valence-corrected chi connectivity index (χ3v) is 12.9. The second-order valence-corrected chi connectivity index (χ2v) is 18.6. The molecule has 0 rings (SSSR count). The molecule has 0 heterocycles. The molecule has 0 fully saturated rings. The van der Waals surface area contributed by atoms with Crippen molar-refractivity contribution in [2.45, 2.75) is 309 Å². The van der Waals surface area contributed by atoms with Gasteiger partial charge in [-0.05, 0) is 25.7 Å². The van der Waals surface area contributed by atoms with Gasteiger partial charge in [0.05, 0.1) is 12.5 Å². The minimum Gasteiger partial charge on any atom is -0.394 e. The molecule has 0 aliphatic rings. The van der Waals surface area contributed by atoms with Crippen LogP contribution in [0.1, 0.15) is 296 Å². The van der Waals surface area contributed by atoms with Crippen LogP contribution in [-0.2, 0) is 14.4 Å². The highest BCUT2D eigenvalue weighted by molar-refractivity contribution is 6.02. The number of unbranched alkanes of at least 4 members (excludes halogenated alkanes) is 37. The number of carbonyl (C=O) groups is 3. The molecular weight excluding hydrogens is 733 g/mol. The minimum atomic E-state index is -1.47. The van der Waals surface area contributed by atoms with E-state index in [0.717, 1.165) is 64.2 Å². The fourth-order valence-electron chi connectivity index (χ4n) is 8.72. The maximum absolute atomic E-state index is 13.4. The van der Waals surface area contributed by atoms with Gasteiger partial charge in [-0.2, -0.15) is 0 Å². The number of hydrogen-bond donors (Lipinski definition) is 3. The van der Waals surface area contributed by atoms with Crippen molar-refractivity contribution >= 4 is 17.3 Å². The van der Waals surface area contributed by atoms with E-state index >= 15 is 0 Å². The van der Waals surface area contributed by atoms with Crippen LogP contribution in [0, 0.1) is 5.92 Å². The van der Waals surface area contributed by atoms with E-state index in [1.807, 2.05) is 0 Å². The molecule has 0 bridgehead atoms. The third kappa shape index (κ3) is 39.5. The fourth-order valence-corrected chi connectivity index (χ4v) is 8.72. The maximum Gasteiger partial charge on any atom is 0.164 e. The maximum atomic E-state index is 13.4. The lowest BCUT2D eigenvalue weighted by Gasteiger charge is -2.15. The average Bonchev–Trinajstić information content (AvgIpc) is 3.24. The van der Waals surface area contributed by atoms with E-state index in [-0.39, 0.29) is 29.7 Å². The molecule has 0 aliphatic heterocycles. The van der Waals surface area contributed by atoms with Crippen molar-refractivity contribution in [3.05, 3.63) is 0 Å². The van der Waals surface area contributed by atoms with Crippen LogP contribution in [0.3, 0.4) is 0 Å². The summed E-state index contributed by atoms with van der Waals surface area (Å²) < 4.78 is 0. The van der Waals surface area contributed by atoms with Crippen molar-refractivity contribution in [2.75, 3.05) is 6.61 Å². The molecule has 0 saturated carbocycles. The number of ketones is 3. The molecule has 350 valence electrons. The number of aliphatic hydroxyl groups is 3. The van der Waals surface area contributed by atoms with Gasteiger partial charge in [-0.3, -0.25) is 14.4 Å². The molecule has 0 radical (unpaired) electrons. The van der Waals surface area contributed by atoms with Crippen LogP contribution >= 0.6 is 0 Å². The lowest BCUT2D eigenvalue weighted by atomic mass is 9.87. The molecule has 6 nitrogen and oxygen atoms in total. The fraction of sp³-hybridized carbons (Fsp3) is 0.943. The Morgan fingerprint density at radius 2 is 0.542 bits per heavy atom. The quantitative estimate of drug-likeness (QED) is 0.0416. The molecule has 6 heteroatoms. The second-order valence-electron chi connectivity index (χ2n) is 18.6. The van der Waals surface area contributed by atoms with E-state index in [1.165, 1.54) is 199 Å². The summed E-state index contributed by atoms with van der Waals surface area (Å²) in [5.41, 5.74) is 0. The number of carbonyl (C=O) groups excluding carboxylic acids is 3. The molecule has 0 aliphatic carbocycles. The van der Waals surface area contributed by atoms with Gasteiger partial charge in [0.15, 0.2) is 5.78 Å². The number of Topliss-reactive ketones (excluding diaryl/α,β-unsaturated/α-hetero) is 3. The van der Waals surface area contributed by atoms with E-state index in [1.54, 1.807) is 0 Å². The van der Waals surface area contributed by atoms with Gasteiger partial charge in [0, 0.05) is 19.3 Å². The number of aliphatic hydroxyl groups excluding tert-OH is 3. The van der Waals surface area contributed by atoms with E-state index in [9.17, 15) is 24.6 Å². The molecule has 3 N–H and O–H groups in total. The van der Waals surface area contributed by atoms with Gasteiger partial charge in [0.2, 0.25) is 0 Å². The standard InChI is InChI=1S/C53H102O6/c1-3-5-7-9-11-13-15-19-24-28-32-36-40-44-49(55)48(50(56)45-41-37-33-29-25-20-16-14-12-10-8-6-4-2)43-39-35-31-27-23-21-17-18-22-26-30-34-38-42-46-51(57)53(59)52(58)47-54/h48,52-54,58-59H,3-47H2,1-2H3. The van der Waals surface area contributed by atoms with E-state index in [2.05, 4.69) is 13.8 Å². The van der Waals surface area contributed by atoms with Gasteiger partial charge in [0.25, 0.3) is 0 Å². The Morgan fingerprint density at radius 1 is 0.322 bits per heavy atom. The monoisotopic (exact) mass is 835 g/mol. The lowest BCUT2D eigenvalue weighted by Crippen LogP contribution is -2.36. The molecule has 59 heavy (non-hydrogen) atoms. The van der Waals surface area contributed by atoms with Crippen molar-refractivity contribution in [1.82, 2.24) is 0 Å². The molecule has 0 aromatic rings. The normalized spacial score (nSPS) is 12.7. The van der Waals surface area contributed by atoms with E-state index in [0.29, 0.717) is 12.8 Å². The Balaban J connectivity index is 4.22. The molecule has 0 saturated heterocycles. The molecule has 2 unspecified atom stereocenters. The van der Waals surface area contributed by atoms with Crippen LogP contribution in [0.5, 0.6) is 0 Å². The van der Waals surface area contributed by atoms with Gasteiger partial charge >= 0.3 is 0 Å². The zero-order valence-corrected chi connectivity index (χ0v) is 39.6. The topological polar surface area (TPSA) is 112 Å². The zero-order chi connectivity index (χ0) is 43.3. The smallest absolute Gasteiger partial charge is 0.164 e. The highest BCUT2D eigenvalue weighted by Crippen LogP contribution is 2.22. The second kappa shape index (κ2) is 46.4. The Hall–Kier alpha value is -1.11. The minimum absolute atomic E-state index is 0.234. The van der Waals surface area contributed by atoms with Gasteiger partial charge in [-0.25, -0.2) is 0 Å². The van der Waals surface area contributed by atoms with Crippen LogP contribution in [-0.4, -0.2) is 51.5 Å². The van der Waals surface area contributed by atoms with Crippen LogP contribution in [0.25, 0.3) is 0 Å². The summed E-state index contributed by atoms with van der Waals surface area (Å²) in [6.45, 7) is 3.96. The Kier molecular flexibility index (Phi) is 45.5. The molecular formula is C53H102O6. The Labute approximate surface area is 367 Å². The summed E-state index contributed by atoms with van der Waals surface area (Å²) in [6.07, 6.45) is 49.3. The van der Waals surface area contributed by atoms with Crippen LogP contribution < -0.4 is 0 Å². The summed E-state index contributed by atoms with van der Waals surface area (Å²) in [6, 6.07) is 0. The van der Waals surface area contributed by atoms with Gasteiger partial charge in [-0.15, -0.1) is 0 Å². The summed E-state index contributed by atoms with van der Waals surface area (Å²) in [5.74, 6) is -0.270. The molecule has 0 amide bonds. The Bertz CT molecular complexity index is 862. The van der Waals surface area contributed by atoms with Crippen LogP contribution in [0.15, 0.2) is 0 Å². The largest absolute Gasteiger partial charge is 0.394 e. The van der Waals surface area contributed by atoms with Crippen molar-refractivity contribution in [2.24, 2.45) is 5.92 Å². The molecule has 0 spiro atoms. The number of rotatable bonds is 50. The predicted octanol–water partition coefficient (Wildman–Crippen LogP) is 15.2. The van der Waals surface area contributed by atoms with Gasteiger partial charge < -0.3 is 15.3 Å². The van der Waals surface area contributed by atoms with E-state index in [4.69, 9.17) is 5.11 Å². The summed E-state index contributed by atoms with van der Waals surface area (Å²) in [5, 5.41) is 27.9. The van der Waals surface area contributed by atoms with E-state index < -0.39 is 18.8 Å². The van der Waals surface area contributed by atoms with Crippen molar-refractivity contribution in [3.8, 4) is 0 Å². The first kappa shape index (κ1) is 57.9. The zero-order valence-electron chi connectivity index (χ0n) is 39.6. The van der Waals surface area contributed by atoms with Gasteiger partial charge in [0.1, 0.15) is 23.8 Å². The summed E-state index contributed by atoms with van der Waals surface area (Å²) in [4.78, 5) is 38.6. The van der Waals surface area contributed by atoms with Crippen LogP contribution in [0.4, 0.5) is 0 Å². The summed E-state index contributed by atoms with van der Waals surface area (Å²) >= 11 is 0. The first-order valence-electron chi connectivity index (χ1n) is 26.4.